The lowest BCUT2D eigenvalue weighted by molar-refractivity contribution is 0.0602. The van der Waals surface area contributed by atoms with Crippen molar-refractivity contribution in [3.63, 3.8) is 0 Å². The fraction of sp³-hybridized carbons (Fsp3) is 0.316. The highest BCUT2D eigenvalue weighted by Gasteiger charge is 2.32. The summed E-state index contributed by atoms with van der Waals surface area (Å²) < 4.78 is 33.4. The molecule has 9 heteroatoms. The van der Waals surface area contributed by atoms with Gasteiger partial charge in [-0.2, -0.15) is 4.31 Å². The molecule has 6 nitrogen and oxygen atoms in total. The second-order valence-electron chi connectivity index (χ2n) is 6.54. The first-order valence-electron chi connectivity index (χ1n) is 8.84. The van der Waals surface area contributed by atoms with Crippen molar-refractivity contribution >= 4 is 48.8 Å². The van der Waals surface area contributed by atoms with E-state index in [9.17, 15) is 13.2 Å². The zero-order valence-corrected chi connectivity index (χ0v) is 17.8. The zero-order chi connectivity index (χ0) is 19.7. The number of ether oxygens (including phenoxy) is 1. The van der Waals surface area contributed by atoms with Crippen LogP contribution in [0.5, 0.6) is 0 Å². The minimum Gasteiger partial charge on any atom is -0.465 e. The Bertz CT molecular complexity index is 1100. The Balaban J connectivity index is 1.45. The lowest BCUT2D eigenvalue weighted by atomic mass is 10.1. The van der Waals surface area contributed by atoms with Crippen molar-refractivity contribution in [3.8, 4) is 0 Å². The van der Waals surface area contributed by atoms with E-state index in [4.69, 9.17) is 4.74 Å². The number of rotatable bonds is 5. The van der Waals surface area contributed by atoms with Crippen LogP contribution in [-0.4, -0.2) is 56.9 Å². The Morgan fingerprint density at radius 3 is 2.61 bits per heavy atom. The molecule has 1 aromatic carbocycles. The molecule has 3 heterocycles. The lowest BCUT2D eigenvalue weighted by Crippen LogP contribution is -2.48. The first kappa shape index (κ1) is 19.5. The average molecular weight is 437 g/mol. The Morgan fingerprint density at radius 2 is 1.86 bits per heavy atom. The van der Waals surface area contributed by atoms with Crippen LogP contribution in [0.2, 0.25) is 0 Å². The molecular formula is C19H20N2O4S3. The van der Waals surface area contributed by atoms with E-state index >= 15 is 0 Å². The minimum absolute atomic E-state index is 0.0432. The number of thiophene rings is 2. The number of carbonyl (C=O) groups excluding carboxylic acids is 1. The van der Waals surface area contributed by atoms with Gasteiger partial charge in [0, 0.05) is 37.4 Å². The topological polar surface area (TPSA) is 66.9 Å². The van der Waals surface area contributed by atoms with Gasteiger partial charge in [-0.3, -0.25) is 4.90 Å². The number of hydrogen-bond donors (Lipinski definition) is 0. The standard InChI is InChI=1S/C19H20N2O4S3/c1-25-19(22)18-17(6-11-26-18)28(23,24)21-9-7-20(8-10-21)12-14-13-27-16-5-3-2-4-15(14)16/h2-6,11,13H,7-10,12H2,1H3. The van der Waals surface area contributed by atoms with E-state index in [1.54, 1.807) is 16.7 Å². The van der Waals surface area contributed by atoms with Gasteiger partial charge in [0.2, 0.25) is 10.0 Å². The molecule has 0 atom stereocenters. The Kier molecular flexibility index (Phi) is 5.52. The number of methoxy groups -OCH3 is 1. The number of sulfonamides is 1. The molecule has 28 heavy (non-hydrogen) atoms. The fourth-order valence-corrected chi connectivity index (χ4v) is 7.09. The second-order valence-corrected chi connectivity index (χ2v) is 10.3. The average Bonchev–Trinajstić information content (AvgIpc) is 3.36. The molecule has 2 aromatic heterocycles. The summed E-state index contributed by atoms with van der Waals surface area (Å²) in [6, 6.07) is 9.82. The summed E-state index contributed by atoms with van der Waals surface area (Å²) in [7, 11) is -2.45. The largest absolute Gasteiger partial charge is 0.465 e. The van der Waals surface area contributed by atoms with E-state index in [-0.39, 0.29) is 9.77 Å². The van der Waals surface area contributed by atoms with Crippen molar-refractivity contribution < 1.29 is 17.9 Å². The Hall–Kier alpha value is -1.78. The summed E-state index contributed by atoms with van der Waals surface area (Å²) >= 11 is 2.82. The van der Waals surface area contributed by atoms with Gasteiger partial charge < -0.3 is 4.74 Å². The molecule has 0 N–H and O–H groups in total. The number of nitrogens with zero attached hydrogens (tertiary/aromatic N) is 2. The fourth-order valence-electron chi connectivity index (χ4n) is 3.41. The zero-order valence-electron chi connectivity index (χ0n) is 15.3. The van der Waals surface area contributed by atoms with Crippen LogP contribution in [0, 0.1) is 0 Å². The molecule has 0 spiro atoms. The molecule has 4 rings (SSSR count). The summed E-state index contributed by atoms with van der Waals surface area (Å²) in [6.45, 7) is 2.92. The second kappa shape index (κ2) is 7.92. The number of fused-ring (bicyclic) bond motifs is 1. The third-order valence-corrected chi connectivity index (χ3v) is 8.88. The van der Waals surface area contributed by atoms with E-state index in [1.807, 2.05) is 12.1 Å². The summed E-state index contributed by atoms with van der Waals surface area (Å²) in [5.41, 5.74) is 1.28. The van der Waals surface area contributed by atoms with Crippen LogP contribution >= 0.6 is 22.7 Å². The monoisotopic (exact) mass is 436 g/mol. The van der Waals surface area contributed by atoms with Crippen LogP contribution in [0.15, 0.2) is 46.0 Å². The molecular weight excluding hydrogens is 416 g/mol. The number of piperazine rings is 1. The van der Waals surface area contributed by atoms with Crippen molar-refractivity contribution in [2.45, 2.75) is 11.4 Å². The molecule has 1 aliphatic rings. The van der Waals surface area contributed by atoms with E-state index in [2.05, 4.69) is 22.4 Å². The quantitative estimate of drug-likeness (QED) is 0.575. The highest BCUT2D eigenvalue weighted by Crippen LogP contribution is 2.29. The molecule has 1 aliphatic heterocycles. The predicted molar refractivity (Wildman–Crippen MR) is 112 cm³/mol. The highest BCUT2D eigenvalue weighted by molar-refractivity contribution is 7.89. The van der Waals surface area contributed by atoms with E-state index in [0.717, 1.165) is 17.9 Å². The number of carbonyl (C=O) groups is 1. The third kappa shape index (κ3) is 3.60. The maximum atomic E-state index is 13.0. The predicted octanol–water partition coefficient (Wildman–Crippen LogP) is 3.26. The van der Waals surface area contributed by atoms with Crippen molar-refractivity contribution in [2.75, 3.05) is 33.3 Å². The maximum absolute atomic E-state index is 13.0. The molecule has 0 amide bonds. The van der Waals surface area contributed by atoms with Gasteiger partial charge >= 0.3 is 5.97 Å². The molecule has 0 aliphatic carbocycles. The molecule has 1 saturated heterocycles. The van der Waals surface area contributed by atoms with Crippen molar-refractivity contribution in [1.82, 2.24) is 9.21 Å². The number of benzene rings is 1. The van der Waals surface area contributed by atoms with Crippen LogP contribution in [0.1, 0.15) is 15.2 Å². The summed E-state index contributed by atoms with van der Waals surface area (Å²) in [5.74, 6) is -0.614. The van der Waals surface area contributed by atoms with Crippen molar-refractivity contribution in [2.24, 2.45) is 0 Å². The Morgan fingerprint density at radius 1 is 1.11 bits per heavy atom. The molecule has 0 bridgehead atoms. The van der Waals surface area contributed by atoms with E-state index in [0.29, 0.717) is 26.2 Å². The molecule has 0 radical (unpaired) electrons. The molecule has 1 fully saturated rings. The van der Waals surface area contributed by atoms with Crippen LogP contribution in [0.4, 0.5) is 0 Å². The lowest BCUT2D eigenvalue weighted by Gasteiger charge is -2.33. The van der Waals surface area contributed by atoms with Gasteiger partial charge in [0.25, 0.3) is 0 Å². The van der Waals surface area contributed by atoms with E-state index in [1.165, 1.54) is 33.1 Å². The van der Waals surface area contributed by atoms with Gasteiger partial charge in [-0.15, -0.1) is 22.7 Å². The first-order valence-corrected chi connectivity index (χ1v) is 12.0. The van der Waals surface area contributed by atoms with Crippen molar-refractivity contribution in [1.29, 1.82) is 0 Å². The smallest absolute Gasteiger partial charge is 0.349 e. The summed E-state index contributed by atoms with van der Waals surface area (Å²) in [6.07, 6.45) is 0. The van der Waals surface area contributed by atoms with Crippen LogP contribution in [-0.2, 0) is 21.3 Å². The van der Waals surface area contributed by atoms with Crippen molar-refractivity contribution in [3.05, 3.63) is 51.5 Å². The van der Waals surface area contributed by atoms with Gasteiger partial charge in [-0.1, -0.05) is 18.2 Å². The SMILES string of the molecule is COC(=O)c1sccc1S(=O)(=O)N1CCN(Cc2csc3ccccc23)CC1. The molecule has 3 aromatic rings. The van der Waals surface area contributed by atoms with Crippen LogP contribution in [0.3, 0.4) is 0 Å². The normalized spacial score (nSPS) is 16.5. The van der Waals surface area contributed by atoms with Crippen LogP contribution in [0.25, 0.3) is 10.1 Å². The highest BCUT2D eigenvalue weighted by atomic mass is 32.2. The van der Waals surface area contributed by atoms with Crippen LogP contribution < -0.4 is 0 Å². The number of esters is 1. The Labute approximate surface area is 172 Å². The van der Waals surface area contributed by atoms with Gasteiger partial charge in [0.05, 0.1) is 7.11 Å². The summed E-state index contributed by atoms with van der Waals surface area (Å²) in [4.78, 5) is 14.3. The number of hydrogen-bond acceptors (Lipinski definition) is 7. The van der Waals surface area contributed by atoms with Gasteiger partial charge in [0.1, 0.15) is 9.77 Å². The van der Waals surface area contributed by atoms with Gasteiger partial charge in [0.15, 0.2) is 0 Å². The summed E-state index contributed by atoms with van der Waals surface area (Å²) in [5, 5.41) is 5.06. The molecule has 148 valence electrons. The van der Waals surface area contributed by atoms with E-state index < -0.39 is 16.0 Å². The minimum atomic E-state index is -3.71. The van der Waals surface area contributed by atoms with Gasteiger partial charge in [-0.05, 0) is 33.8 Å². The molecule has 0 saturated carbocycles. The maximum Gasteiger partial charge on any atom is 0.349 e. The first-order chi connectivity index (χ1) is 13.5. The molecule has 0 unspecified atom stereocenters. The third-order valence-electron chi connectivity index (χ3n) is 4.90. The van der Waals surface area contributed by atoms with Gasteiger partial charge in [-0.25, -0.2) is 13.2 Å².